The fourth-order valence-corrected chi connectivity index (χ4v) is 2.68. The van der Waals surface area contributed by atoms with E-state index in [1.807, 2.05) is 6.92 Å². The van der Waals surface area contributed by atoms with E-state index in [4.69, 9.17) is 18.6 Å². The van der Waals surface area contributed by atoms with Crippen LogP contribution >= 0.6 is 0 Å². The SMILES string of the molecule is CCOc1ccc(OCC(=O)OCc2cc(=O)oc3c(C)c(O)ccc23)cc1. The first kappa shape index (κ1) is 19.3. The Hall–Kier alpha value is -3.48. The van der Waals surface area contributed by atoms with Crippen molar-refractivity contribution in [3.63, 3.8) is 0 Å². The van der Waals surface area contributed by atoms with Gasteiger partial charge in [-0.05, 0) is 50.2 Å². The maximum Gasteiger partial charge on any atom is 0.344 e. The summed E-state index contributed by atoms with van der Waals surface area (Å²) >= 11 is 0. The van der Waals surface area contributed by atoms with Crippen LogP contribution in [0.2, 0.25) is 0 Å². The lowest BCUT2D eigenvalue weighted by molar-refractivity contribution is -0.147. The summed E-state index contributed by atoms with van der Waals surface area (Å²) in [7, 11) is 0. The van der Waals surface area contributed by atoms with E-state index in [-0.39, 0.29) is 24.5 Å². The number of carbonyl (C=O) groups is 1. The molecule has 2 aromatic carbocycles. The standard InChI is InChI=1S/C21H20O7/c1-3-25-15-4-6-16(7-5-15)26-12-20(24)27-11-14-10-19(23)28-21-13(2)18(22)9-8-17(14)21/h4-10,22H,3,11-12H2,1-2H3. The van der Waals surface area contributed by atoms with Crippen molar-refractivity contribution in [1.82, 2.24) is 0 Å². The number of phenols is 1. The number of rotatable bonds is 7. The first-order chi connectivity index (χ1) is 13.5. The molecule has 0 spiro atoms. The van der Waals surface area contributed by atoms with Gasteiger partial charge in [-0.1, -0.05) is 0 Å². The van der Waals surface area contributed by atoms with Crippen LogP contribution in [0.1, 0.15) is 18.1 Å². The monoisotopic (exact) mass is 384 g/mol. The van der Waals surface area contributed by atoms with Crippen molar-refractivity contribution in [3.8, 4) is 17.2 Å². The first-order valence-corrected chi connectivity index (χ1v) is 8.74. The zero-order valence-electron chi connectivity index (χ0n) is 15.6. The minimum Gasteiger partial charge on any atom is -0.508 e. The van der Waals surface area contributed by atoms with Crippen LogP contribution in [0.3, 0.4) is 0 Å². The summed E-state index contributed by atoms with van der Waals surface area (Å²) < 4.78 is 21.1. The van der Waals surface area contributed by atoms with Crippen LogP contribution in [-0.2, 0) is 16.1 Å². The van der Waals surface area contributed by atoms with E-state index in [9.17, 15) is 14.7 Å². The van der Waals surface area contributed by atoms with Gasteiger partial charge in [-0.3, -0.25) is 0 Å². The molecule has 3 rings (SSSR count). The van der Waals surface area contributed by atoms with Crippen molar-refractivity contribution >= 4 is 16.9 Å². The van der Waals surface area contributed by atoms with Crippen LogP contribution in [0.4, 0.5) is 0 Å². The van der Waals surface area contributed by atoms with E-state index in [1.54, 1.807) is 37.3 Å². The molecule has 3 aromatic rings. The molecule has 28 heavy (non-hydrogen) atoms. The quantitative estimate of drug-likeness (QED) is 0.493. The summed E-state index contributed by atoms with van der Waals surface area (Å²) in [4.78, 5) is 23.8. The summed E-state index contributed by atoms with van der Waals surface area (Å²) in [5, 5.41) is 10.4. The van der Waals surface area contributed by atoms with Gasteiger partial charge >= 0.3 is 11.6 Å². The molecule has 0 aliphatic heterocycles. The molecule has 1 N–H and O–H groups in total. The van der Waals surface area contributed by atoms with E-state index in [0.717, 1.165) is 0 Å². The van der Waals surface area contributed by atoms with E-state index in [1.165, 1.54) is 12.1 Å². The molecule has 0 saturated heterocycles. The molecule has 146 valence electrons. The average molecular weight is 384 g/mol. The Labute approximate surface area is 161 Å². The molecule has 0 fully saturated rings. The molecule has 0 radical (unpaired) electrons. The van der Waals surface area contributed by atoms with Gasteiger partial charge in [0.05, 0.1) is 6.61 Å². The highest BCUT2D eigenvalue weighted by Gasteiger charge is 2.13. The smallest absolute Gasteiger partial charge is 0.344 e. The number of phenolic OH excluding ortho intramolecular Hbond substituents is 1. The van der Waals surface area contributed by atoms with E-state index in [2.05, 4.69) is 0 Å². The summed E-state index contributed by atoms with van der Waals surface area (Å²) in [5.41, 5.74) is 0.618. The summed E-state index contributed by atoms with van der Waals surface area (Å²) in [6, 6.07) is 11.3. The molecule has 0 unspecified atom stereocenters. The van der Waals surface area contributed by atoms with E-state index < -0.39 is 11.6 Å². The minimum absolute atomic E-state index is 0.0218. The van der Waals surface area contributed by atoms with Crippen LogP contribution in [-0.4, -0.2) is 24.3 Å². The van der Waals surface area contributed by atoms with Crippen LogP contribution in [0.15, 0.2) is 51.7 Å². The predicted octanol–water partition coefficient (Wildman–Crippen LogP) is 3.33. The van der Waals surface area contributed by atoms with Gasteiger partial charge in [-0.15, -0.1) is 0 Å². The largest absolute Gasteiger partial charge is 0.508 e. The Kier molecular flexibility index (Phi) is 5.84. The number of esters is 1. The molecule has 7 nitrogen and oxygen atoms in total. The lowest BCUT2D eigenvalue weighted by Gasteiger charge is -2.10. The minimum atomic E-state index is -0.585. The Morgan fingerprint density at radius 1 is 1.07 bits per heavy atom. The van der Waals surface area contributed by atoms with Crippen molar-refractivity contribution in [2.75, 3.05) is 13.2 Å². The van der Waals surface area contributed by atoms with Gasteiger partial charge in [0.1, 0.15) is 29.4 Å². The second-order valence-corrected chi connectivity index (χ2v) is 6.03. The molecule has 0 amide bonds. The van der Waals surface area contributed by atoms with Crippen LogP contribution in [0.25, 0.3) is 11.0 Å². The summed E-state index contributed by atoms with van der Waals surface area (Å²) in [6.07, 6.45) is 0. The lowest BCUT2D eigenvalue weighted by atomic mass is 10.1. The second kappa shape index (κ2) is 8.47. The Bertz CT molecular complexity index is 1040. The van der Waals surface area contributed by atoms with Gasteiger partial charge in [0.25, 0.3) is 0 Å². The molecule has 0 saturated carbocycles. The summed E-state index contributed by atoms with van der Waals surface area (Å²) in [6.45, 7) is 3.72. The topological polar surface area (TPSA) is 95.2 Å². The van der Waals surface area contributed by atoms with Crippen LogP contribution in [0.5, 0.6) is 17.2 Å². The average Bonchev–Trinajstić information content (AvgIpc) is 2.69. The molecule has 0 bridgehead atoms. The second-order valence-electron chi connectivity index (χ2n) is 6.03. The highest BCUT2D eigenvalue weighted by Crippen LogP contribution is 2.27. The number of fused-ring (bicyclic) bond motifs is 1. The van der Waals surface area contributed by atoms with E-state index in [0.29, 0.717) is 34.6 Å². The Balaban J connectivity index is 1.63. The van der Waals surface area contributed by atoms with Crippen molar-refractivity contribution in [3.05, 3.63) is 64.0 Å². The Morgan fingerprint density at radius 3 is 2.43 bits per heavy atom. The zero-order chi connectivity index (χ0) is 20.1. The number of benzene rings is 2. The third-order valence-corrected chi connectivity index (χ3v) is 4.10. The molecule has 0 aliphatic rings. The normalized spacial score (nSPS) is 10.6. The number of aryl methyl sites for hydroxylation is 1. The Morgan fingerprint density at radius 2 is 1.75 bits per heavy atom. The third-order valence-electron chi connectivity index (χ3n) is 4.10. The first-order valence-electron chi connectivity index (χ1n) is 8.74. The van der Waals surface area contributed by atoms with Gasteiger partial charge in [-0.25, -0.2) is 9.59 Å². The summed E-state index contributed by atoms with van der Waals surface area (Å²) in [5.74, 6) is 0.671. The zero-order valence-corrected chi connectivity index (χ0v) is 15.6. The van der Waals surface area contributed by atoms with Gasteiger partial charge in [-0.2, -0.15) is 0 Å². The maximum absolute atomic E-state index is 12.0. The molecule has 0 atom stereocenters. The number of hydrogen-bond acceptors (Lipinski definition) is 7. The third kappa shape index (κ3) is 4.43. The number of aromatic hydroxyl groups is 1. The van der Waals surface area contributed by atoms with Gasteiger partial charge in [0.15, 0.2) is 6.61 Å². The van der Waals surface area contributed by atoms with Gasteiger partial charge in [0, 0.05) is 22.6 Å². The highest BCUT2D eigenvalue weighted by molar-refractivity contribution is 5.85. The van der Waals surface area contributed by atoms with Crippen LogP contribution < -0.4 is 15.1 Å². The molecule has 1 aromatic heterocycles. The van der Waals surface area contributed by atoms with Crippen molar-refractivity contribution in [2.24, 2.45) is 0 Å². The molecule has 0 aliphatic carbocycles. The number of hydrogen-bond donors (Lipinski definition) is 1. The highest BCUT2D eigenvalue weighted by atomic mass is 16.6. The van der Waals surface area contributed by atoms with Gasteiger partial charge < -0.3 is 23.7 Å². The number of carbonyl (C=O) groups excluding carboxylic acids is 1. The van der Waals surface area contributed by atoms with Crippen molar-refractivity contribution in [1.29, 1.82) is 0 Å². The number of ether oxygens (including phenoxy) is 3. The lowest BCUT2D eigenvalue weighted by Crippen LogP contribution is -2.15. The van der Waals surface area contributed by atoms with Crippen LogP contribution in [0, 0.1) is 6.92 Å². The molecule has 7 heteroatoms. The van der Waals surface area contributed by atoms with E-state index >= 15 is 0 Å². The van der Waals surface area contributed by atoms with Crippen molar-refractivity contribution < 1.29 is 28.5 Å². The fraction of sp³-hybridized carbons (Fsp3) is 0.238. The van der Waals surface area contributed by atoms with Gasteiger partial charge in [0.2, 0.25) is 0 Å². The fourth-order valence-electron chi connectivity index (χ4n) is 2.68. The molecular formula is C21H20O7. The van der Waals surface area contributed by atoms with Crippen molar-refractivity contribution in [2.45, 2.75) is 20.5 Å². The predicted molar refractivity (Wildman–Crippen MR) is 102 cm³/mol. The maximum atomic E-state index is 12.0. The molecule has 1 heterocycles. The molecular weight excluding hydrogens is 364 g/mol.